The lowest BCUT2D eigenvalue weighted by Crippen LogP contribution is -2.45. The molecule has 2 rings (SSSR count). The second kappa shape index (κ2) is 5.05. The van der Waals surface area contributed by atoms with E-state index >= 15 is 0 Å². The number of hydrogen-bond acceptors (Lipinski definition) is 2. The molecule has 0 amide bonds. The van der Waals surface area contributed by atoms with E-state index in [1.165, 1.54) is 51.6 Å². The van der Waals surface area contributed by atoms with Crippen molar-refractivity contribution < 1.29 is 0 Å². The summed E-state index contributed by atoms with van der Waals surface area (Å²) in [5, 5.41) is 0. The summed E-state index contributed by atoms with van der Waals surface area (Å²) in [5.74, 6) is 0.895. The lowest BCUT2D eigenvalue weighted by molar-refractivity contribution is 0.0688. The summed E-state index contributed by atoms with van der Waals surface area (Å²) in [7, 11) is 0. The predicted molar refractivity (Wildman–Crippen MR) is 69.4 cm³/mol. The molecule has 16 heavy (non-hydrogen) atoms. The highest BCUT2D eigenvalue weighted by atomic mass is 15.2. The third kappa shape index (κ3) is 2.60. The van der Waals surface area contributed by atoms with E-state index in [-0.39, 0.29) is 0 Å². The molecule has 2 heteroatoms. The molecule has 1 saturated carbocycles. The minimum absolute atomic E-state index is 0.528. The van der Waals surface area contributed by atoms with Crippen LogP contribution in [0.15, 0.2) is 0 Å². The third-order valence-electron chi connectivity index (χ3n) is 5.02. The van der Waals surface area contributed by atoms with Gasteiger partial charge in [0.25, 0.3) is 0 Å². The van der Waals surface area contributed by atoms with Crippen molar-refractivity contribution in [3.8, 4) is 0 Å². The van der Waals surface area contributed by atoms with Gasteiger partial charge in [0.15, 0.2) is 0 Å². The van der Waals surface area contributed by atoms with Crippen LogP contribution in [0.25, 0.3) is 0 Å². The fraction of sp³-hybridized carbons (Fsp3) is 1.00. The zero-order chi connectivity index (χ0) is 11.6. The molecule has 2 unspecified atom stereocenters. The molecule has 94 valence electrons. The Morgan fingerprint density at radius 2 is 2.00 bits per heavy atom. The molecule has 2 atom stereocenters. The van der Waals surface area contributed by atoms with Crippen molar-refractivity contribution >= 4 is 0 Å². The Hall–Kier alpha value is -0.0800. The average molecular weight is 224 g/mol. The highest BCUT2D eigenvalue weighted by Gasteiger charge is 2.36. The van der Waals surface area contributed by atoms with Crippen molar-refractivity contribution in [2.45, 2.75) is 58.4 Å². The maximum Gasteiger partial charge on any atom is 0.00671 e. The van der Waals surface area contributed by atoms with Crippen LogP contribution in [-0.2, 0) is 0 Å². The maximum atomic E-state index is 5.93. The predicted octanol–water partition coefficient (Wildman–Crippen LogP) is 2.63. The number of likely N-dealkylation sites (tertiary alicyclic amines) is 1. The Morgan fingerprint density at radius 3 is 2.56 bits per heavy atom. The quantitative estimate of drug-likeness (QED) is 0.795. The van der Waals surface area contributed by atoms with Gasteiger partial charge in [-0.25, -0.2) is 0 Å². The highest BCUT2D eigenvalue weighted by molar-refractivity contribution is 4.90. The molecule has 2 aliphatic rings. The lowest BCUT2D eigenvalue weighted by atomic mass is 9.66. The van der Waals surface area contributed by atoms with E-state index in [1.807, 2.05) is 0 Å². The Balaban J connectivity index is 1.79. The monoisotopic (exact) mass is 224 g/mol. The molecule has 1 aliphatic carbocycles. The first-order valence-corrected chi connectivity index (χ1v) is 7.09. The van der Waals surface area contributed by atoms with Crippen molar-refractivity contribution in [2.75, 3.05) is 19.6 Å². The maximum absolute atomic E-state index is 5.93. The Morgan fingerprint density at radius 1 is 1.25 bits per heavy atom. The van der Waals surface area contributed by atoms with Crippen LogP contribution in [0, 0.1) is 11.3 Å². The Kier molecular flexibility index (Phi) is 3.91. The van der Waals surface area contributed by atoms with Crippen LogP contribution in [0.3, 0.4) is 0 Å². The first-order chi connectivity index (χ1) is 7.65. The molecule has 1 heterocycles. The van der Waals surface area contributed by atoms with Gasteiger partial charge in [0.1, 0.15) is 0 Å². The molecule has 1 saturated heterocycles. The normalized spacial score (nSPS) is 34.7. The summed E-state index contributed by atoms with van der Waals surface area (Å²) >= 11 is 0. The van der Waals surface area contributed by atoms with E-state index in [0.717, 1.165) is 18.5 Å². The minimum atomic E-state index is 0.528. The third-order valence-corrected chi connectivity index (χ3v) is 5.02. The van der Waals surface area contributed by atoms with Crippen LogP contribution in [0.2, 0.25) is 0 Å². The molecule has 0 spiro atoms. The highest BCUT2D eigenvalue weighted by Crippen LogP contribution is 2.43. The summed E-state index contributed by atoms with van der Waals surface area (Å²) in [6.07, 6.45) is 8.29. The van der Waals surface area contributed by atoms with Gasteiger partial charge in [0, 0.05) is 12.6 Å². The fourth-order valence-corrected chi connectivity index (χ4v) is 3.31. The van der Waals surface area contributed by atoms with E-state index in [9.17, 15) is 0 Å². The zero-order valence-electron chi connectivity index (χ0n) is 11.0. The molecule has 0 aromatic rings. The number of nitrogens with two attached hydrogens (primary N) is 1. The molecular formula is C14H28N2. The van der Waals surface area contributed by atoms with Crippen molar-refractivity contribution in [1.29, 1.82) is 0 Å². The second-order valence-corrected chi connectivity index (χ2v) is 6.33. The van der Waals surface area contributed by atoms with Gasteiger partial charge in [0.2, 0.25) is 0 Å². The van der Waals surface area contributed by atoms with Gasteiger partial charge in [0.05, 0.1) is 0 Å². The van der Waals surface area contributed by atoms with Gasteiger partial charge in [-0.2, -0.15) is 0 Å². The lowest BCUT2D eigenvalue weighted by Gasteiger charge is -2.44. The van der Waals surface area contributed by atoms with E-state index in [2.05, 4.69) is 18.7 Å². The fourth-order valence-electron chi connectivity index (χ4n) is 3.31. The van der Waals surface area contributed by atoms with Gasteiger partial charge < -0.3 is 10.6 Å². The zero-order valence-corrected chi connectivity index (χ0v) is 11.0. The standard InChI is InChI=1S/C14H28N2/c1-12-4-5-13(2)16(10-12)9-8-14(11-15)6-3-7-14/h12-13H,3-11,15H2,1-2H3. The molecule has 0 radical (unpaired) electrons. The number of piperidine rings is 1. The van der Waals surface area contributed by atoms with Gasteiger partial charge in [-0.15, -0.1) is 0 Å². The van der Waals surface area contributed by atoms with E-state index in [4.69, 9.17) is 5.73 Å². The van der Waals surface area contributed by atoms with Crippen LogP contribution in [0.5, 0.6) is 0 Å². The second-order valence-electron chi connectivity index (χ2n) is 6.33. The van der Waals surface area contributed by atoms with Crippen molar-refractivity contribution in [2.24, 2.45) is 17.1 Å². The molecule has 0 bridgehead atoms. The summed E-state index contributed by atoms with van der Waals surface area (Å²) in [4.78, 5) is 2.70. The summed E-state index contributed by atoms with van der Waals surface area (Å²) < 4.78 is 0. The van der Waals surface area contributed by atoms with E-state index < -0.39 is 0 Å². The van der Waals surface area contributed by atoms with Gasteiger partial charge in [-0.3, -0.25) is 0 Å². The van der Waals surface area contributed by atoms with Crippen molar-refractivity contribution in [1.82, 2.24) is 4.90 Å². The first-order valence-electron chi connectivity index (χ1n) is 7.09. The molecule has 2 N–H and O–H groups in total. The molecule has 0 aromatic heterocycles. The van der Waals surface area contributed by atoms with Crippen molar-refractivity contribution in [3.05, 3.63) is 0 Å². The van der Waals surface area contributed by atoms with Crippen LogP contribution in [0.4, 0.5) is 0 Å². The molecular weight excluding hydrogens is 196 g/mol. The SMILES string of the molecule is CC1CCC(C)N(CCC2(CN)CCC2)C1. The number of nitrogens with zero attached hydrogens (tertiary/aromatic N) is 1. The Labute approximate surface area is 101 Å². The molecule has 1 aliphatic heterocycles. The largest absolute Gasteiger partial charge is 0.330 e. The number of hydrogen-bond donors (Lipinski definition) is 1. The van der Waals surface area contributed by atoms with Crippen LogP contribution in [-0.4, -0.2) is 30.6 Å². The topological polar surface area (TPSA) is 29.3 Å². The molecule has 0 aromatic carbocycles. The summed E-state index contributed by atoms with van der Waals surface area (Å²) in [6.45, 7) is 8.28. The van der Waals surface area contributed by atoms with E-state index in [0.29, 0.717) is 5.41 Å². The van der Waals surface area contributed by atoms with Gasteiger partial charge in [-0.1, -0.05) is 13.3 Å². The summed E-state index contributed by atoms with van der Waals surface area (Å²) in [5.41, 5.74) is 6.46. The van der Waals surface area contributed by atoms with Crippen LogP contribution in [0.1, 0.15) is 52.4 Å². The number of rotatable bonds is 4. The summed E-state index contributed by atoms with van der Waals surface area (Å²) in [6, 6.07) is 0.797. The average Bonchev–Trinajstić information content (AvgIpc) is 2.22. The first kappa shape index (κ1) is 12.4. The smallest absolute Gasteiger partial charge is 0.00671 e. The molecule has 2 fully saturated rings. The minimum Gasteiger partial charge on any atom is -0.330 e. The molecule has 2 nitrogen and oxygen atoms in total. The van der Waals surface area contributed by atoms with Gasteiger partial charge >= 0.3 is 0 Å². The van der Waals surface area contributed by atoms with Crippen molar-refractivity contribution in [3.63, 3.8) is 0 Å². The van der Waals surface area contributed by atoms with E-state index in [1.54, 1.807) is 0 Å². The Bertz CT molecular complexity index is 217. The van der Waals surface area contributed by atoms with Crippen LogP contribution < -0.4 is 5.73 Å². The van der Waals surface area contributed by atoms with Gasteiger partial charge in [-0.05, 0) is 63.5 Å². The van der Waals surface area contributed by atoms with Crippen LogP contribution >= 0.6 is 0 Å².